The number of esters is 1. The van der Waals surface area contributed by atoms with E-state index in [0.717, 1.165) is 0 Å². The van der Waals surface area contributed by atoms with Crippen molar-refractivity contribution < 1.29 is 19.0 Å². The van der Waals surface area contributed by atoms with Crippen LogP contribution in [0.4, 0.5) is 0 Å². The maximum absolute atomic E-state index is 11.8. The van der Waals surface area contributed by atoms with Crippen molar-refractivity contribution in [2.45, 2.75) is 44.6 Å². The molecule has 31 heavy (non-hydrogen) atoms. The van der Waals surface area contributed by atoms with Crippen molar-refractivity contribution >= 4 is 29.2 Å². The summed E-state index contributed by atoms with van der Waals surface area (Å²) in [6.07, 6.45) is 7.02. The zero-order valence-electron chi connectivity index (χ0n) is 17.6. The normalized spacial score (nSPS) is 20.5. The molecule has 3 rings (SSSR count). The number of nitrogens with zero attached hydrogens (tertiary/aromatic N) is 3. The second-order valence-electron chi connectivity index (χ2n) is 7.88. The molecule has 9 heteroatoms. The van der Waals surface area contributed by atoms with Crippen LogP contribution in [-0.2, 0) is 14.3 Å². The number of allylic oxidation sites excluding steroid dienone is 1. The van der Waals surface area contributed by atoms with Crippen molar-refractivity contribution in [3.05, 3.63) is 67.0 Å². The first kappa shape index (κ1) is 23.2. The highest BCUT2D eigenvalue weighted by Crippen LogP contribution is 2.37. The molecule has 0 amide bonds. The third-order valence-corrected chi connectivity index (χ3v) is 5.78. The topological polar surface area (TPSA) is 75.5 Å². The Morgan fingerprint density at radius 2 is 2.06 bits per heavy atom. The van der Waals surface area contributed by atoms with Crippen LogP contribution >= 0.6 is 23.2 Å². The third kappa shape index (κ3) is 6.02. The van der Waals surface area contributed by atoms with Gasteiger partial charge in [0.05, 0.1) is 0 Å². The largest absolute Gasteiger partial charge is 0.468 e. The molecule has 0 N–H and O–H groups in total. The Bertz CT molecular complexity index is 931. The van der Waals surface area contributed by atoms with Gasteiger partial charge in [0.1, 0.15) is 24.2 Å². The number of aromatic nitrogens is 3. The van der Waals surface area contributed by atoms with E-state index in [1.165, 1.54) is 24.3 Å². The molecule has 1 aliphatic rings. The Labute approximate surface area is 191 Å². The van der Waals surface area contributed by atoms with Gasteiger partial charge in [0, 0.05) is 24.6 Å². The number of carbonyl (C=O) groups excluding carboxylic acids is 1. The fourth-order valence-corrected chi connectivity index (χ4v) is 3.41. The summed E-state index contributed by atoms with van der Waals surface area (Å²) in [5.41, 5.74) is -0.602. The number of hydrogen-bond donors (Lipinski definition) is 0. The molecule has 1 heterocycles. The van der Waals surface area contributed by atoms with Gasteiger partial charge in [-0.05, 0) is 30.4 Å². The second-order valence-corrected chi connectivity index (χ2v) is 8.79. The van der Waals surface area contributed by atoms with E-state index >= 15 is 0 Å². The van der Waals surface area contributed by atoms with Gasteiger partial charge in [0.25, 0.3) is 0 Å². The molecule has 0 fully saturated rings. The number of carbonyl (C=O) groups is 1. The number of benzene rings is 1. The van der Waals surface area contributed by atoms with E-state index in [2.05, 4.69) is 10.1 Å². The standard InChI is InChI=1S/C22H25Cl2N3O4/c1-16(28)29-19(21(2,3)13-23)20(27-15-25-14-26-27)30-17-9-11-22(24,12-10-17)31-18-7-5-4-6-8-18/h4-11,14-15,19-20H,12-13H2,1-3H3. The fourth-order valence-electron chi connectivity index (χ4n) is 3.03. The highest BCUT2D eigenvalue weighted by Gasteiger charge is 2.42. The number of alkyl halides is 2. The maximum Gasteiger partial charge on any atom is 0.303 e. The van der Waals surface area contributed by atoms with Gasteiger partial charge in [0.2, 0.25) is 11.3 Å². The van der Waals surface area contributed by atoms with Crippen molar-refractivity contribution in [2.75, 3.05) is 5.88 Å². The van der Waals surface area contributed by atoms with Crippen LogP contribution in [0.25, 0.3) is 0 Å². The first-order valence-corrected chi connectivity index (χ1v) is 10.7. The van der Waals surface area contributed by atoms with Crippen LogP contribution in [0.2, 0.25) is 0 Å². The van der Waals surface area contributed by atoms with Gasteiger partial charge in [-0.25, -0.2) is 9.67 Å². The molecule has 0 saturated carbocycles. The van der Waals surface area contributed by atoms with Crippen molar-refractivity contribution in [3.8, 4) is 5.75 Å². The SMILES string of the molecule is CC(=O)OC(C(OC1=CCC(Cl)(Oc2ccccc2)C=C1)n1cncn1)C(C)(C)CCl. The fraction of sp³-hybridized carbons (Fsp3) is 0.409. The summed E-state index contributed by atoms with van der Waals surface area (Å²) in [5.74, 6) is 1.00. The zero-order valence-corrected chi connectivity index (χ0v) is 19.1. The molecule has 0 radical (unpaired) electrons. The summed E-state index contributed by atoms with van der Waals surface area (Å²) in [6, 6.07) is 9.34. The van der Waals surface area contributed by atoms with Crippen LogP contribution < -0.4 is 4.74 Å². The van der Waals surface area contributed by atoms with Gasteiger partial charge < -0.3 is 14.2 Å². The summed E-state index contributed by atoms with van der Waals surface area (Å²) >= 11 is 12.8. The van der Waals surface area contributed by atoms with Crippen LogP contribution in [0.15, 0.2) is 67.0 Å². The van der Waals surface area contributed by atoms with Gasteiger partial charge in [0.15, 0.2) is 6.10 Å². The van der Waals surface area contributed by atoms with Crippen molar-refractivity contribution in [3.63, 3.8) is 0 Å². The summed E-state index contributed by atoms with van der Waals surface area (Å²) in [6.45, 7) is 5.13. The Morgan fingerprint density at radius 3 is 2.61 bits per heavy atom. The van der Waals surface area contributed by atoms with Gasteiger partial charge in [-0.1, -0.05) is 43.6 Å². The summed E-state index contributed by atoms with van der Waals surface area (Å²) < 4.78 is 19.2. The lowest BCUT2D eigenvalue weighted by atomic mass is 9.87. The Morgan fingerprint density at radius 1 is 1.32 bits per heavy atom. The first-order chi connectivity index (χ1) is 14.7. The molecule has 2 aromatic rings. The molecular formula is C22H25Cl2N3O4. The molecule has 3 unspecified atom stereocenters. The van der Waals surface area contributed by atoms with Gasteiger partial charge in [-0.15, -0.1) is 11.6 Å². The number of para-hydroxylation sites is 1. The van der Waals surface area contributed by atoms with Crippen LogP contribution in [0.1, 0.15) is 33.4 Å². The summed E-state index contributed by atoms with van der Waals surface area (Å²) in [7, 11) is 0. The van der Waals surface area contributed by atoms with Crippen molar-refractivity contribution in [1.82, 2.24) is 14.8 Å². The van der Waals surface area contributed by atoms with Crippen molar-refractivity contribution in [1.29, 1.82) is 0 Å². The van der Waals surface area contributed by atoms with E-state index in [4.69, 9.17) is 37.4 Å². The molecule has 1 aromatic heterocycles. The third-order valence-electron chi connectivity index (χ3n) is 4.73. The summed E-state index contributed by atoms with van der Waals surface area (Å²) in [5, 5.41) is 3.16. The number of ether oxygens (including phenoxy) is 3. The number of rotatable bonds is 9. The highest BCUT2D eigenvalue weighted by atomic mass is 35.5. The van der Waals surface area contributed by atoms with E-state index in [0.29, 0.717) is 17.9 Å². The van der Waals surface area contributed by atoms with Gasteiger partial charge in [-0.2, -0.15) is 5.10 Å². The number of hydrogen-bond acceptors (Lipinski definition) is 6. The van der Waals surface area contributed by atoms with E-state index in [9.17, 15) is 4.79 Å². The molecule has 1 aromatic carbocycles. The van der Waals surface area contributed by atoms with E-state index in [1.807, 2.05) is 50.3 Å². The monoisotopic (exact) mass is 465 g/mol. The van der Waals surface area contributed by atoms with E-state index < -0.39 is 28.8 Å². The molecule has 0 saturated heterocycles. The smallest absolute Gasteiger partial charge is 0.303 e. The van der Waals surface area contributed by atoms with E-state index in [1.54, 1.807) is 12.2 Å². The zero-order chi connectivity index (χ0) is 22.5. The van der Waals surface area contributed by atoms with Crippen LogP contribution in [0.3, 0.4) is 0 Å². The molecule has 166 valence electrons. The molecule has 1 aliphatic carbocycles. The van der Waals surface area contributed by atoms with Crippen LogP contribution in [-0.4, -0.2) is 37.8 Å². The first-order valence-electron chi connectivity index (χ1n) is 9.79. The Kier molecular flexibility index (Phi) is 7.28. The average Bonchev–Trinajstić information content (AvgIpc) is 3.27. The molecule has 7 nitrogen and oxygen atoms in total. The predicted molar refractivity (Wildman–Crippen MR) is 118 cm³/mol. The predicted octanol–water partition coefficient (Wildman–Crippen LogP) is 4.85. The van der Waals surface area contributed by atoms with Crippen LogP contribution in [0.5, 0.6) is 5.75 Å². The van der Waals surface area contributed by atoms with Gasteiger partial charge in [-0.3, -0.25) is 4.79 Å². The average molecular weight is 466 g/mol. The Balaban J connectivity index is 1.80. The number of halogens is 2. The molecular weight excluding hydrogens is 441 g/mol. The minimum atomic E-state index is -1.03. The molecule has 3 atom stereocenters. The summed E-state index contributed by atoms with van der Waals surface area (Å²) in [4.78, 5) is 15.8. The molecule has 0 bridgehead atoms. The Hall–Kier alpha value is -2.51. The lowest BCUT2D eigenvalue weighted by Crippen LogP contribution is -2.43. The van der Waals surface area contributed by atoms with Gasteiger partial charge >= 0.3 is 5.97 Å². The lowest BCUT2D eigenvalue weighted by Gasteiger charge is -2.37. The quantitative estimate of drug-likeness (QED) is 0.389. The highest BCUT2D eigenvalue weighted by molar-refractivity contribution is 6.24. The molecule has 0 spiro atoms. The minimum Gasteiger partial charge on any atom is -0.468 e. The van der Waals surface area contributed by atoms with Crippen LogP contribution in [0, 0.1) is 5.41 Å². The van der Waals surface area contributed by atoms with Crippen molar-refractivity contribution in [2.24, 2.45) is 5.41 Å². The maximum atomic E-state index is 11.8. The minimum absolute atomic E-state index is 0.240. The lowest BCUT2D eigenvalue weighted by molar-refractivity contribution is -0.171. The van der Waals surface area contributed by atoms with E-state index in [-0.39, 0.29) is 5.88 Å². The molecule has 0 aliphatic heterocycles. The second kappa shape index (κ2) is 9.75.